The van der Waals surface area contributed by atoms with Crippen LogP contribution >= 0.6 is 24.0 Å². The van der Waals surface area contributed by atoms with E-state index in [0.717, 1.165) is 29.5 Å². The summed E-state index contributed by atoms with van der Waals surface area (Å²) >= 11 is 0. The van der Waals surface area contributed by atoms with Crippen LogP contribution < -0.4 is 10.6 Å². The van der Waals surface area contributed by atoms with Gasteiger partial charge in [0, 0.05) is 18.7 Å². The summed E-state index contributed by atoms with van der Waals surface area (Å²) in [5.74, 6) is 1.60. The number of nitrogens with zero attached hydrogens (tertiary/aromatic N) is 2. The fourth-order valence-electron chi connectivity index (χ4n) is 1.40. The van der Waals surface area contributed by atoms with Crippen LogP contribution in [0.3, 0.4) is 0 Å². The quantitative estimate of drug-likeness (QED) is 0.364. The fourth-order valence-corrected chi connectivity index (χ4v) is 1.40. The number of halogens is 1. The summed E-state index contributed by atoms with van der Waals surface area (Å²) in [6, 6.07) is 0. The number of hydrogen-bond donors (Lipinski definition) is 2. The van der Waals surface area contributed by atoms with Crippen LogP contribution in [-0.4, -0.2) is 24.2 Å². The van der Waals surface area contributed by atoms with Crippen molar-refractivity contribution in [3.63, 3.8) is 0 Å². The van der Waals surface area contributed by atoms with Gasteiger partial charge in [-0.1, -0.05) is 11.2 Å². The Bertz CT molecular complexity index is 381. The molecule has 18 heavy (non-hydrogen) atoms. The Morgan fingerprint density at radius 2 is 2.17 bits per heavy atom. The zero-order valence-electron chi connectivity index (χ0n) is 11.1. The second-order valence-electron chi connectivity index (χ2n) is 3.67. The van der Waals surface area contributed by atoms with Gasteiger partial charge in [0.25, 0.3) is 0 Å². The molecule has 5 nitrogen and oxygen atoms in total. The Balaban J connectivity index is 0.00000289. The molecule has 1 rings (SSSR count). The molecule has 1 heterocycles. The third-order valence-corrected chi connectivity index (χ3v) is 2.33. The van der Waals surface area contributed by atoms with Crippen LogP contribution in [0.4, 0.5) is 0 Å². The van der Waals surface area contributed by atoms with Crippen molar-refractivity contribution < 1.29 is 4.52 Å². The van der Waals surface area contributed by atoms with E-state index >= 15 is 0 Å². The molecule has 0 atom stereocenters. The lowest BCUT2D eigenvalue weighted by atomic mass is 10.2. The number of guanidine groups is 1. The van der Waals surface area contributed by atoms with E-state index in [0.29, 0.717) is 13.1 Å². The van der Waals surface area contributed by atoms with Crippen molar-refractivity contribution >= 4 is 29.9 Å². The van der Waals surface area contributed by atoms with Crippen molar-refractivity contribution in [3.8, 4) is 0 Å². The Morgan fingerprint density at radius 1 is 1.44 bits per heavy atom. The maximum atomic E-state index is 5.09. The van der Waals surface area contributed by atoms with Crippen LogP contribution in [0.5, 0.6) is 0 Å². The van der Waals surface area contributed by atoms with Gasteiger partial charge in [-0.2, -0.15) is 0 Å². The monoisotopic (exact) mass is 364 g/mol. The normalized spacial score (nSPS) is 10.7. The number of aromatic nitrogens is 1. The lowest BCUT2D eigenvalue weighted by molar-refractivity contribution is 0.392. The molecule has 1 aromatic rings. The molecular formula is C12H21IN4O. The molecule has 0 aliphatic carbocycles. The standard InChI is InChI=1S/C12H20N4O.HI/c1-5-7-14-12(13-6-2)15-8-11-9(3)16-17-10(11)4;/h5H,1,6-8H2,2-4H3,(H2,13,14,15);1H. The zero-order valence-corrected chi connectivity index (χ0v) is 13.4. The maximum absolute atomic E-state index is 5.09. The lowest BCUT2D eigenvalue weighted by Crippen LogP contribution is -2.37. The minimum Gasteiger partial charge on any atom is -0.361 e. The summed E-state index contributed by atoms with van der Waals surface area (Å²) in [5.41, 5.74) is 1.94. The number of nitrogens with one attached hydrogen (secondary N) is 2. The third kappa shape index (κ3) is 5.07. The average Bonchev–Trinajstić information content (AvgIpc) is 2.63. The highest BCUT2D eigenvalue weighted by Gasteiger charge is 2.08. The van der Waals surface area contributed by atoms with E-state index in [1.54, 1.807) is 6.08 Å². The molecule has 0 spiro atoms. The topological polar surface area (TPSA) is 62.5 Å². The smallest absolute Gasteiger partial charge is 0.191 e. The van der Waals surface area contributed by atoms with Crippen molar-refractivity contribution in [2.75, 3.05) is 13.1 Å². The van der Waals surface area contributed by atoms with Crippen molar-refractivity contribution in [2.45, 2.75) is 27.3 Å². The van der Waals surface area contributed by atoms with E-state index in [2.05, 4.69) is 27.4 Å². The van der Waals surface area contributed by atoms with Gasteiger partial charge in [-0.15, -0.1) is 30.6 Å². The molecule has 0 saturated carbocycles. The van der Waals surface area contributed by atoms with Crippen LogP contribution in [0, 0.1) is 13.8 Å². The van der Waals surface area contributed by atoms with Crippen LogP contribution in [0.2, 0.25) is 0 Å². The van der Waals surface area contributed by atoms with Crippen LogP contribution in [0.15, 0.2) is 22.2 Å². The molecule has 0 bridgehead atoms. The minimum absolute atomic E-state index is 0. The van der Waals surface area contributed by atoms with Crippen molar-refractivity contribution in [1.29, 1.82) is 0 Å². The van der Waals surface area contributed by atoms with Crippen LogP contribution in [-0.2, 0) is 6.54 Å². The second-order valence-corrected chi connectivity index (χ2v) is 3.67. The summed E-state index contributed by atoms with van der Waals surface area (Å²) in [6.45, 7) is 11.6. The van der Waals surface area contributed by atoms with E-state index in [9.17, 15) is 0 Å². The van der Waals surface area contributed by atoms with Gasteiger partial charge in [0.2, 0.25) is 0 Å². The molecule has 2 N–H and O–H groups in total. The molecule has 0 aliphatic rings. The largest absolute Gasteiger partial charge is 0.361 e. The first-order valence-electron chi connectivity index (χ1n) is 5.73. The van der Waals surface area contributed by atoms with Crippen molar-refractivity contribution in [2.24, 2.45) is 4.99 Å². The van der Waals surface area contributed by atoms with Gasteiger partial charge in [-0.25, -0.2) is 4.99 Å². The highest BCUT2D eigenvalue weighted by atomic mass is 127. The predicted octanol–water partition coefficient (Wildman–Crippen LogP) is 2.15. The highest BCUT2D eigenvalue weighted by molar-refractivity contribution is 14.0. The molecule has 1 aromatic heterocycles. The van der Waals surface area contributed by atoms with Gasteiger partial charge in [0.05, 0.1) is 12.2 Å². The summed E-state index contributed by atoms with van der Waals surface area (Å²) in [6.07, 6.45) is 1.79. The van der Waals surface area contributed by atoms with Crippen molar-refractivity contribution in [3.05, 3.63) is 29.7 Å². The van der Waals surface area contributed by atoms with Crippen LogP contribution in [0.25, 0.3) is 0 Å². The molecule has 0 saturated heterocycles. The molecular weight excluding hydrogens is 343 g/mol. The molecule has 0 fully saturated rings. The minimum atomic E-state index is 0. The van der Waals surface area contributed by atoms with Gasteiger partial charge in [-0.05, 0) is 20.8 Å². The van der Waals surface area contributed by atoms with Gasteiger partial charge in [0.15, 0.2) is 5.96 Å². The van der Waals surface area contributed by atoms with E-state index in [4.69, 9.17) is 4.52 Å². The van der Waals surface area contributed by atoms with E-state index in [1.165, 1.54) is 0 Å². The van der Waals surface area contributed by atoms with Gasteiger partial charge in [0.1, 0.15) is 5.76 Å². The molecule has 0 aromatic carbocycles. The SMILES string of the molecule is C=CCNC(=NCc1c(C)noc1C)NCC.I. The Hall–Kier alpha value is -1.05. The molecule has 0 aliphatic heterocycles. The van der Waals surface area contributed by atoms with Crippen molar-refractivity contribution in [1.82, 2.24) is 15.8 Å². The van der Waals surface area contributed by atoms with Gasteiger partial charge < -0.3 is 15.2 Å². The predicted molar refractivity (Wildman–Crippen MR) is 84.4 cm³/mol. The fraction of sp³-hybridized carbons (Fsp3) is 0.500. The Labute approximate surface area is 125 Å². The Morgan fingerprint density at radius 3 is 2.67 bits per heavy atom. The summed E-state index contributed by atoms with van der Waals surface area (Å²) in [5, 5.41) is 10.2. The molecule has 0 radical (unpaired) electrons. The average molecular weight is 364 g/mol. The lowest BCUT2D eigenvalue weighted by Gasteiger charge is -2.09. The number of aliphatic imine (C=N–C) groups is 1. The third-order valence-electron chi connectivity index (χ3n) is 2.33. The van der Waals surface area contributed by atoms with Gasteiger partial charge >= 0.3 is 0 Å². The molecule has 6 heteroatoms. The second kappa shape index (κ2) is 8.96. The van der Waals surface area contributed by atoms with Gasteiger partial charge in [-0.3, -0.25) is 0 Å². The number of hydrogen-bond acceptors (Lipinski definition) is 3. The van der Waals surface area contributed by atoms with E-state index in [1.807, 2.05) is 20.8 Å². The summed E-state index contributed by atoms with van der Waals surface area (Å²) in [4.78, 5) is 4.46. The molecule has 0 amide bonds. The van der Waals surface area contributed by atoms with E-state index < -0.39 is 0 Å². The number of aryl methyl sites for hydroxylation is 2. The highest BCUT2D eigenvalue weighted by Crippen LogP contribution is 2.12. The first-order valence-corrected chi connectivity index (χ1v) is 5.73. The Kier molecular flexibility index (Phi) is 8.43. The first kappa shape index (κ1) is 16.9. The summed E-state index contributed by atoms with van der Waals surface area (Å²) in [7, 11) is 0. The summed E-state index contributed by atoms with van der Waals surface area (Å²) < 4.78 is 5.09. The first-order chi connectivity index (χ1) is 8.19. The maximum Gasteiger partial charge on any atom is 0.191 e. The molecule has 0 unspecified atom stereocenters. The number of rotatable bonds is 5. The molecule has 102 valence electrons. The van der Waals surface area contributed by atoms with E-state index in [-0.39, 0.29) is 24.0 Å². The zero-order chi connectivity index (χ0) is 12.7. The van der Waals surface area contributed by atoms with Crippen LogP contribution in [0.1, 0.15) is 23.9 Å².